The van der Waals surface area contributed by atoms with E-state index in [1.807, 2.05) is 0 Å². The number of hydrogen-bond donors (Lipinski definition) is 2. The first-order valence-corrected chi connectivity index (χ1v) is 9.23. The van der Waals surface area contributed by atoms with Crippen molar-refractivity contribution in [3.05, 3.63) is 29.7 Å². The summed E-state index contributed by atoms with van der Waals surface area (Å²) in [5, 5.41) is 23.0. The second-order valence-electron chi connectivity index (χ2n) is 7.00. The van der Waals surface area contributed by atoms with Crippen molar-refractivity contribution >= 4 is 50.6 Å². The molecule has 9 nitrogen and oxygen atoms in total. The van der Waals surface area contributed by atoms with Crippen molar-refractivity contribution in [3.8, 4) is 5.75 Å². The summed E-state index contributed by atoms with van der Waals surface area (Å²) in [6, 6.07) is 1.52. The number of Topliss-reactive ketones (excluding diaryl/α,β-unsaturated/α-hetero) is 1. The van der Waals surface area contributed by atoms with Gasteiger partial charge in [-0.05, 0) is 37.0 Å². The highest BCUT2D eigenvalue weighted by Gasteiger charge is 2.42. The lowest BCUT2D eigenvalue weighted by Gasteiger charge is -2.20. The zero-order valence-electron chi connectivity index (χ0n) is 15.3. The Morgan fingerprint density at radius 3 is 2.89 bits per heavy atom. The Labute approximate surface area is 163 Å². The molecule has 4 rings (SSSR count). The molecule has 3 aromatic rings. The lowest BCUT2D eigenvalue weighted by Crippen LogP contribution is -2.23. The fraction of sp³-hybridized carbons (Fsp3) is 0.278. The third-order valence-electron chi connectivity index (χ3n) is 4.74. The van der Waals surface area contributed by atoms with E-state index in [1.165, 1.54) is 19.3 Å². The van der Waals surface area contributed by atoms with Crippen molar-refractivity contribution in [2.45, 2.75) is 32.6 Å². The second kappa shape index (κ2) is 6.41. The summed E-state index contributed by atoms with van der Waals surface area (Å²) < 4.78 is 4.20. The van der Waals surface area contributed by atoms with E-state index >= 15 is 0 Å². The first kappa shape index (κ1) is 18.1. The van der Waals surface area contributed by atoms with Gasteiger partial charge in [0.05, 0.1) is 22.2 Å². The van der Waals surface area contributed by atoms with Crippen molar-refractivity contribution in [2.24, 2.45) is 10.2 Å². The highest BCUT2D eigenvalue weighted by molar-refractivity contribution is 7.11. The number of aromatic nitrogens is 3. The number of azo groups is 1. The van der Waals surface area contributed by atoms with Crippen LogP contribution in [-0.2, 0) is 21.4 Å². The third kappa shape index (κ3) is 2.82. The highest BCUT2D eigenvalue weighted by Crippen LogP contribution is 2.49. The molecule has 0 saturated heterocycles. The number of nitrogens with one attached hydrogen (secondary N) is 1. The van der Waals surface area contributed by atoms with Gasteiger partial charge >= 0.3 is 0 Å². The zero-order chi connectivity index (χ0) is 20.1. The van der Waals surface area contributed by atoms with E-state index in [-0.39, 0.29) is 29.5 Å². The summed E-state index contributed by atoms with van der Waals surface area (Å²) in [4.78, 5) is 32.1. The smallest absolute Gasteiger partial charge is 0.221 e. The molecule has 0 fully saturated rings. The lowest BCUT2D eigenvalue weighted by atomic mass is 9.84. The molecule has 0 bridgehead atoms. The molecule has 0 saturated carbocycles. The summed E-state index contributed by atoms with van der Waals surface area (Å²) in [5.74, 6) is -0.492. The predicted molar refractivity (Wildman–Crippen MR) is 104 cm³/mol. The molecule has 2 N–H and O–H groups in total. The van der Waals surface area contributed by atoms with Gasteiger partial charge in [-0.1, -0.05) is 0 Å². The standard InChI is InChI=1S/C18H16N6O3S/c1-8(25)21-12-5-11(9-4-13(26)18(2,3)14(9)15(12)27)22-23-17-10-6-19-7-20-16(10)24-28-17/h5-7,27H,4H2,1-3H3,(H,21,25)/b23-22+. The Balaban J connectivity index is 1.86. The molecule has 0 atom stereocenters. The van der Waals surface area contributed by atoms with Crippen LogP contribution in [0.1, 0.15) is 31.9 Å². The van der Waals surface area contributed by atoms with Crippen LogP contribution >= 0.6 is 11.5 Å². The largest absolute Gasteiger partial charge is 0.505 e. The molecule has 28 heavy (non-hydrogen) atoms. The maximum Gasteiger partial charge on any atom is 0.221 e. The average molecular weight is 396 g/mol. The van der Waals surface area contributed by atoms with Crippen molar-refractivity contribution in [2.75, 3.05) is 5.32 Å². The first-order valence-electron chi connectivity index (χ1n) is 8.46. The number of benzene rings is 1. The van der Waals surface area contributed by atoms with Crippen LogP contribution in [0.3, 0.4) is 0 Å². The van der Waals surface area contributed by atoms with Gasteiger partial charge in [-0.2, -0.15) is 4.37 Å². The zero-order valence-corrected chi connectivity index (χ0v) is 16.2. The number of anilines is 1. The van der Waals surface area contributed by atoms with E-state index in [9.17, 15) is 14.7 Å². The molecule has 2 aromatic heterocycles. The Bertz CT molecular complexity index is 1170. The van der Waals surface area contributed by atoms with Crippen molar-refractivity contribution in [3.63, 3.8) is 0 Å². The van der Waals surface area contributed by atoms with Gasteiger partial charge in [0.25, 0.3) is 0 Å². The number of ketones is 1. The van der Waals surface area contributed by atoms with Crippen LogP contribution in [0.25, 0.3) is 11.0 Å². The van der Waals surface area contributed by atoms with Gasteiger partial charge in [0.1, 0.15) is 17.9 Å². The fourth-order valence-corrected chi connectivity index (χ4v) is 3.94. The maximum atomic E-state index is 12.5. The van der Waals surface area contributed by atoms with Crippen LogP contribution in [0.5, 0.6) is 5.75 Å². The molecule has 10 heteroatoms. The monoisotopic (exact) mass is 396 g/mol. The van der Waals surface area contributed by atoms with E-state index in [0.717, 1.165) is 11.5 Å². The van der Waals surface area contributed by atoms with E-state index < -0.39 is 5.41 Å². The Kier molecular flexibility index (Phi) is 4.15. The minimum absolute atomic E-state index is 0.0362. The summed E-state index contributed by atoms with van der Waals surface area (Å²) in [6.07, 6.45) is 3.15. The molecule has 1 aliphatic rings. The van der Waals surface area contributed by atoms with E-state index in [1.54, 1.807) is 20.0 Å². The van der Waals surface area contributed by atoms with E-state index in [2.05, 4.69) is 29.9 Å². The van der Waals surface area contributed by atoms with Crippen molar-refractivity contribution in [1.29, 1.82) is 0 Å². The third-order valence-corrected chi connectivity index (χ3v) is 5.48. The number of nitrogens with zero attached hydrogens (tertiary/aromatic N) is 5. The number of phenols is 1. The summed E-state index contributed by atoms with van der Waals surface area (Å²) >= 11 is 1.13. The van der Waals surface area contributed by atoms with Gasteiger partial charge in [0.2, 0.25) is 5.91 Å². The van der Waals surface area contributed by atoms with Crippen LogP contribution in [0.2, 0.25) is 0 Å². The molecule has 0 radical (unpaired) electrons. The number of carbonyl (C=O) groups excluding carboxylic acids is 2. The minimum Gasteiger partial charge on any atom is -0.505 e. The first-order chi connectivity index (χ1) is 13.3. The molecule has 0 aliphatic heterocycles. The number of aromatic hydroxyl groups is 1. The van der Waals surface area contributed by atoms with E-state index in [4.69, 9.17) is 0 Å². The van der Waals surface area contributed by atoms with Crippen LogP contribution in [0.4, 0.5) is 16.4 Å². The Morgan fingerprint density at radius 2 is 2.14 bits per heavy atom. The Morgan fingerprint density at radius 1 is 1.36 bits per heavy atom. The summed E-state index contributed by atoms with van der Waals surface area (Å²) in [7, 11) is 0. The molecule has 0 unspecified atom stereocenters. The minimum atomic E-state index is -0.886. The van der Waals surface area contributed by atoms with Crippen molar-refractivity contribution < 1.29 is 14.7 Å². The SMILES string of the molecule is CC(=O)Nc1cc(/N=N/c2snc3ncncc23)c2c(c1O)C(C)(C)C(=O)C2. The molecule has 1 aliphatic carbocycles. The van der Waals surface area contributed by atoms with Crippen LogP contribution < -0.4 is 5.32 Å². The molecular weight excluding hydrogens is 380 g/mol. The van der Waals surface area contributed by atoms with Gasteiger partial charge in [0, 0.05) is 25.1 Å². The highest BCUT2D eigenvalue weighted by atomic mass is 32.1. The van der Waals surface area contributed by atoms with E-state index in [0.29, 0.717) is 32.8 Å². The molecule has 142 valence electrons. The van der Waals surface area contributed by atoms with Crippen molar-refractivity contribution in [1.82, 2.24) is 14.3 Å². The van der Waals surface area contributed by atoms with Crippen LogP contribution in [0.15, 0.2) is 28.8 Å². The van der Waals surface area contributed by atoms with Crippen LogP contribution in [-0.4, -0.2) is 31.1 Å². The number of fused-ring (bicyclic) bond motifs is 2. The molecule has 0 spiro atoms. The number of phenolic OH excluding ortho intramolecular Hbond substituents is 1. The quantitative estimate of drug-likeness (QED) is 0.514. The number of hydrogen-bond acceptors (Lipinski definition) is 9. The van der Waals surface area contributed by atoms with Gasteiger partial charge < -0.3 is 10.4 Å². The molecular formula is C18H16N6O3S. The number of rotatable bonds is 3. The average Bonchev–Trinajstić information content (AvgIpc) is 3.15. The van der Waals surface area contributed by atoms with Crippen LogP contribution in [0, 0.1) is 0 Å². The molecule has 1 aromatic carbocycles. The number of amides is 1. The van der Waals surface area contributed by atoms with Gasteiger partial charge in [-0.3, -0.25) is 9.59 Å². The number of carbonyl (C=O) groups is 2. The molecule has 1 amide bonds. The van der Waals surface area contributed by atoms with Gasteiger partial charge in [0.15, 0.2) is 10.6 Å². The lowest BCUT2D eigenvalue weighted by molar-refractivity contribution is -0.121. The topological polar surface area (TPSA) is 130 Å². The molecule has 2 heterocycles. The van der Waals surface area contributed by atoms with Gasteiger partial charge in [-0.15, -0.1) is 10.2 Å². The summed E-state index contributed by atoms with van der Waals surface area (Å²) in [6.45, 7) is 4.83. The predicted octanol–water partition coefficient (Wildman–Crippen LogP) is 3.57. The summed E-state index contributed by atoms with van der Waals surface area (Å²) in [5.41, 5.74) is 1.32. The van der Waals surface area contributed by atoms with Gasteiger partial charge in [-0.25, -0.2) is 9.97 Å². The normalized spacial score (nSPS) is 15.3. The fourth-order valence-electron chi connectivity index (χ4n) is 3.30. The maximum absolute atomic E-state index is 12.5. The Hall–Kier alpha value is -3.27. The second-order valence-corrected chi connectivity index (χ2v) is 7.75.